The lowest BCUT2D eigenvalue weighted by atomic mass is 9.95. The Bertz CT molecular complexity index is 509. The third kappa shape index (κ3) is 3.33. The highest BCUT2D eigenvalue weighted by molar-refractivity contribution is 5.85. The highest BCUT2D eigenvalue weighted by Crippen LogP contribution is 2.36. The zero-order chi connectivity index (χ0) is 15.7. The van der Waals surface area contributed by atoms with Crippen molar-refractivity contribution in [3.05, 3.63) is 35.9 Å². The van der Waals surface area contributed by atoms with Crippen molar-refractivity contribution in [3.8, 4) is 0 Å². The Kier molecular flexibility index (Phi) is 4.24. The van der Waals surface area contributed by atoms with Gasteiger partial charge in [0.2, 0.25) is 5.91 Å². The number of fused-ring (bicyclic) bond motifs is 2. The second kappa shape index (κ2) is 6.01. The van der Waals surface area contributed by atoms with Crippen LogP contribution in [0.15, 0.2) is 30.3 Å². The lowest BCUT2D eigenvalue weighted by Gasteiger charge is -2.40. The number of amides is 1. The molecule has 2 aliphatic heterocycles. The van der Waals surface area contributed by atoms with E-state index in [9.17, 15) is 4.79 Å². The van der Waals surface area contributed by atoms with Gasteiger partial charge in [-0.2, -0.15) is 0 Å². The van der Waals surface area contributed by atoms with Gasteiger partial charge in [-0.05, 0) is 45.1 Å². The van der Waals surface area contributed by atoms with Crippen LogP contribution < -0.4 is 11.1 Å². The molecule has 2 heterocycles. The van der Waals surface area contributed by atoms with Gasteiger partial charge in [-0.15, -0.1) is 0 Å². The lowest BCUT2D eigenvalue weighted by Crippen LogP contribution is -2.56. The van der Waals surface area contributed by atoms with Crippen LogP contribution in [0.25, 0.3) is 0 Å². The maximum absolute atomic E-state index is 12.1. The number of nitrogens with one attached hydrogen (secondary N) is 1. The monoisotopic (exact) mass is 301 g/mol. The van der Waals surface area contributed by atoms with Crippen molar-refractivity contribution in [2.45, 2.75) is 69.7 Å². The molecule has 0 aliphatic carbocycles. The maximum Gasteiger partial charge on any atom is 0.239 e. The minimum absolute atomic E-state index is 0.0339. The van der Waals surface area contributed by atoms with E-state index in [1.807, 2.05) is 0 Å². The van der Waals surface area contributed by atoms with Crippen molar-refractivity contribution in [2.24, 2.45) is 5.73 Å². The van der Waals surface area contributed by atoms with E-state index in [0.717, 1.165) is 19.4 Å². The third-order valence-electron chi connectivity index (χ3n) is 5.01. The van der Waals surface area contributed by atoms with E-state index in [1.54, 1.807) is 13.8 Å². The molecule has 0 aromatic heterocycles. The van der Waals surface area contributed by atoms with Gasteiger partial charge in [0, 0.05) is 24.7 Å². The molecule has 1 amide bonds. The van der Waals surface area contributed by atoms with Gasteiger partial charge in [-0.25, -0.2) is 0 Å². The van der Waals surface area contributed by atoms with Gasteiger partial charge < -0.3 is 11.1 Å². The summed E-state index contributed by atoms with van der Waals surface area (Å²) in [5.74, 6) is -0.0339. The van der Waals surface area contributed by atoms with Crippen LogP contribution in [0.2, 0.25) is 0 Å². The van der Waals surface area contributed by atoms with Gasteiger partial charge >= 0.3 is 0 Å². The van der Waals surface area contributed by atoms with Crippen LogP contribution in [0.5, 0.6) is 0 Å². The quantitative estimate of drug-likeness (QED) is 0.894. The van der Waals surface area contributed by atoms with Crippen LogP contribution in [-0.4, -0.2) is 34.5 Å². The fourth-order valence-electron chi connectivity index (χ4n) is 3.82. The van der Waals surface area contributed by atoms with Crippen molar-refractivity contribution in [2.75, 3.05) is 0 Å². The third-order valence-corrected chi connectivity index (χ3v) is 5.01. The molecule has 2 fully saturated rings. The number of piperidine rings is 1. The number of carbonyl (C=O) groups excluding carboxylic acids is 1. The van der Waals surface area contributed by atoms with E-state index in [1.165, 1.54) is 18.4 Å². The first-order valence-electron chi connectivity index (χ1n) is 8.33. The molecule has 4 heteroatoms. The van der Waals surface area contributed by atoms with Gasteiger partial charge in [-0.3, -0.25) is 9.69 Å². The summed E-state index contributed by atoms with van der Waals surface area (Å²) in [6, 6.07) is 12.1. The lowest BCUT2D eigenvalue weighted by molar-refractivity contribution is -0.126. The number of nitrogens with zero attached hydrogens (tertiary/aromatic N) is 1. The molecular formula is C18H27N3O. The highest BCUT2D eigenvalue weighted by Gasteiger charge is 2.41. The summed E-state index contributed by atoms with van der Waals surface area (Å²) in [5, 5.41) is 3.15. The van der Waals surface area contributed by atoms with Crippen LogP contribution in [0.4, 0.5) is 0 Å². The van der Waals surface area contributed by atoms with Crippen molar-refractivity contribution in [1.29, 1.82) is 0 Å². The maximum atomic E-state index is 12.1. The number of hydrogen-bond donors (Lipinski definition) is 2. The first-order chi connectivity index (χ1) is 10.4. The van der Waals surface area contributed by atoms with E-state index in [0.29, 0.717) is 12.1 Å². The van der Waals surface area contributed by atoms with E-state index in [4.69, 9.17) is 5.73 Å². The summed E-state index contributed by atoms with van der Waals surface area (Å²) in [7, 11) is 0. The molecule has 2 saturated heterocycles. The van der Waals surface area contributed by atoms with Crippen molar-refractivity contribution in [1.82, 2.24) is 10.2 Å². The number of carbonyl (C=O) groups is 1. The molecular weight excluding hydrogens is 274 g/mol. The van der Waals surface area contributed by atoms with Crippen molar-refractivity contribution < 1.29 is 4.79 Å². The van der Waals surface area contributed by atoms with Gasteiger partial charge in [0.25, 0.3) is 0 Å². The number of rotatable bonds is 4. The molecule has 0 spiro atoms. The number of hydrogen-bond acceptors (Lipinski definition) is 3. The van der Waals surface area contributed by atoms with Crippen molar-refractivity contribution >= 4 is 5.91 Å². The van der Waals surface area contributed by atoms with Gasteiger partial charge in [0.15, 0.2) is 0 Å². The molecule has 4 nitrogen and oxygen atoms in total. The Balaban J connectivity index is 1.61. The zero-order valence-electron chi connectivity index (χ0n) is 13.6. The molecule has 0 saturated carbocycles. The summed E-state index contributed by atoms with van der Waals surface area (Å²) in [6.07, 6.45) is 4.59. The Hall–Kier alpha value is -1.39. The van der Waals surface area contributed by atoms with Crippen LogP contribution in [0.3, 0.4) is 0 Å². The topological polar surface area (TPSA) is 58.4 Å². The van der Waals surface area contributed by atoms with E-state index >= 15 is 0 Å². The standard InChI is InChI=1S/C18H27N3O/c1-18(2,19)17(22)20-14-10-15-8-9-16(11-14)21(15)12-13-6-4-3-5-7-13/h3-7,14-16H,8-12,19H2,1-2H3,(H,20,22). The number of benzene rings is 1. The normalized spacial score (nSPS) is 28.6. The Labute approximate surface area is 133 Å². The zero-order valence-corrected chi connectivity index (χ0v) is 13.6. The summed E-state index contributed by atoms with van der Waals surface area (Å²) < 4.78 is 0. The Morgan fingerprint density at radius 3 is 2.36 bits per heavy atom. The molecule has 2 atom stereocenters. The fraction of sp³-hybridized carbons (Fsp3) is 0.611. The molecule has 2 bridgehead atoms. The van der Waals surface area contributed by atoms with Crippen LogP contribution >= 0.6 is 0 Å². The number of nitrogens with two attached hydrogens (primary N) is 1. The molecule has 1 aromatic carbocycles. The van der Waals surface area contributed by atoms with Gasteiger partial charge in [0.1, 0.15) is 0 Å². The minimum Gasteiger partial charge on any atom is -0.352 e. The SMILES string of the molecule is CC(C)(N)C(=O)NC1CC2CCC(C1)N2Cc1ccccc1. The predicted molar refractivity (Wildman–Crippen MR) is 88.2 cm³/mol. The summed E-state index contributed by atoms with van der Waals surface area (Å²) in [4.78, 5) is 14.7. The van der Waals surface area contributed by atoms with E-state index in [-0.39, 0.29) is 11.9 Å². The van der Waals surface area contributed by atoms with E-state index in [2.05, 4.69) is 40.5 Å². The molecule has 3 N–H and O–H groups in total. The highest BCUT2D eigenvalue weighted by atomic mass is 16.2. The average Bonchev–Trinajstić information content (AvgIpc) is 2.70. The minimum atomic E-state index is -0.791. The Morgan fingerprint density at radius 1 is 1.23 bits per heavy atom. The van der Waals surface area contributed by atoms with E-state index < -0.39 is 5.54 Å². The molecule has 120 valence electrons. The largest absolute Gasteiger partial charge is 0.352 e. The van der Waals surface area contributed by atoms with Gasteiger partial charge in [-0.1, -0.05) is 30.3 Å². The molecule has 2 unspecified atom stereocenters. The predicted octanol–water partition coefficient (Wildman–Crippen LogP) is 2.04. The second-order valence-corrected chi connectivity index (χ2v) is 7.41. The first kappa shape index (κ1) is 15.5. The van der Waals surface area contributed by atoms with Crippen LogP contribution in [-0.2, 0) is 11.3 Å². The molecule has 2 aliphatic rings. The second-order valence-electron chi connectivity index (χ2n) is 7.41. The molecule has 3 rings (SSSR count). The van der Waals surface area contributed by atoms with Crippen molar-refractivity contribution in [3.63, 3.8) is 0 Å². The molecule has 1 aromatic rings. The molecule has 0 radical (unpaired) electrons. The summed E-state index contributed by atoms with van der Waals surface area (Å²) in [5.41, 5.74) is 6.48. The average molecular weight is 301 g/mol. The first-order valence-corrected chi connectivity index (χ1v) is 8.33. The van der Waals surface area contributed by atoms with Crippen LogP contribution in [0, 0.1) is 0 Å². The smallest absolute Gasteiger partial charge is 0.239 e. The fourth-order valence-corrected chi connectivity index (χ4v) is 3.82. The van der Waals surface area contributed by atoms with Crippen LogP contribution in [0.1, 0.15) is 45.1 Å². The Morgan fingerprint density at radius 2 is 1.82 bits per heavy atom. The molecule has 22 heavy (non-hydrogen) atoms. The van der Waals surface area contributed by atoms with Gasteiger partial charge in [0.05, 0.1) is 5.54 Å². The summed E-state index contributed by atoms with van der Waals surface area (Å²) in [6.45, 7) is 4.56. The summed E-state index contributed by atoms with van der Waals surface area (Å²) >= 11 is 0.